The number of rotatable bonds is 8. The first kappa shape index (κ1) is 19.7. The molecule has 2 aromatic rings. The zero-order valence-electron chi connectivity index (χ0n) is 17.2. The lowest BCUT2D eigenvalue weighted by atomic mass is 9.96. The fourth-order valence-electron chi connectivity index (χ4n) is 4.35. The average molecular weight is 391 g/mol. The van der Waals surface area contributed by atoms with Crippen LogP contribution in [0.25, 0.3) is 0 Å². The monoisotopic (exact) mass is 390 g/mol. The highest BCUT2D eigenvalue weighted by Crippen LogP contribution is 2.35. The molecular weight excluding hydrogens is 360 g/mol. The molecule has 1 saturated carbocycles. The fourth-order valence-corrected chi connectivity index (χ4v) is 4.35. The van der Waals surface area contributed by atoms with E-state index in [1.165, 1.54) is 25.7 Å². The van der Waals surface area contributed by atoms with Crippen molar-refractivity contribution in [1.29, 1.82) is 0 Å². The lowest BCUT2D eigenvalue weighted by Gasteiger charge is -2.40. The first-order valence-electron chi connectivity index (χ1n) is 10.6. The number of ether oxygens (including phenoxy) is 2. The minimum atomic E-state index is -0.599. The van der Waals surface area contributed by atoms with Gasteiger partial charge in [-0.1, -0.05) is 49.2 Å². The van der Waals surface area contributed by atoms with Gasteiger partial charge in [0, 0.05) is 17.6 Å². The van der Waals surface area contributed by atoms with E-state index in [2.05, 4.69) is 58.4 Å². The molecule has 152 valence electrons. The molecule has 0 bridgehead atoms. The summed E-state index contributed by atoms with van der Waals surface area (Å²) >= 11 is 0. The summed E-state index contributed by atoms with van der Waals surface area (Å²) in [6, 6.07) is 20.9. The predicted molar refractivity (Wildman–Crippen MR) is 119 cm³/mol. The summed E-state index contributed by atoms with van der Waals surface area (Å²) in [5.74, 6) is 1.49. The Bertz CT molecular complexity index is 789. The molecule has 2 aliphatic rings. The van der Waals surface area contributed by atoms with E-state index in [1.54, 1.807) is 7.11 Å². The first-order chi connectivity index (χ1) is 14.3. The maximum absolute atomic E-state index is 6.68. The Balaban J connectivity index is 1.66. The number of allylic oxidation sites excluding steroid dienone is 1. The number of aliphatic imine (C=N–C) groups is 1. The van der Waals surface area contributed by atoms with Crippen LogP contribution in [0.1, 0.15) is 25.7 Å². The Morgan fingerprint density at radius 3 is 2.17 bits per heavy atom. The van der Waals surface area contributed by atoms with Crippen LogP contribution in [0.5, 0.6) is 0 Å². The summed E-state index contributed by atoms with van der Waals surface area (Å²) in [4.78, 5) is 6.89. The molecule has 0 amide bonds. The van der Waals surface area contributed by atoms with Gasteiger partial charge < -0.3 is 14.4 Å². The smallest absolute Gasteiger partial charge is 0.162 e. The highest BCUT2D eigenvalue weighted by molar-refractivity contribution is 5.74. The number of anilines is 2. The molecule has 2 aromatic carbocycles. The first-order valence-corrected chi connectivity index (χ1v) is 10.6. The second-order valence-corrected chi connectivity index (χ2v) is 7.94. The zero-order valence-corrected chi connectivity index (χ0v) is 17.2. The van der Waals surface area contributed by atoms with Crippen molar-refractivity contribution in [2.45, 2.75) is 31.3 Å². The Hall–Kier alpha value is -2.59. The van der Waals surface area contributed by atoms with Crippen LogP contribution in [0.15, 0.2) is 77.5 Å². The molecule has 29 heavy (non-hydrogen) atoms. The number of methoxy groups -OCH3 is 1. The number of nitrogens with zero attached hydrogens (tertiary/aromatic N) is 2. The highest BCUT2D eigenvalue weighted by atomic mass is 16.5. The van der Waals surface area contributed by atoms with Crippen molar-refractivity contribution in [3.8, 4) is 0 Å². The van der Waals surface area contributed by atoms with Gasteiger partial charge in [0.2, 0.25) is 0 Å². The quantitative estimate of drug-likeness (QED) is 0.606. The van der Waals surface area contributed by atoms with Gasteiger partial charge in [0.25, 0.3) is 0 Å². The molecule has 0 saturated heterocycles. The van der Waals surface area contributed by atoms with Crippen LogP contribution in [0.4, 0.5) is 11.4 Å². The Labute approximate surface area is 173 Å². The maximum atomic E-state index is 6.68. The Morgan fingerprint density at radius 1 is 0.966 bits per heavy atom. The molecule has 1 fully saturated rings. The molecule has 1 aliphatic carbocycles. The molecule has 1 atom stereocenters. The fraction of sp³-hybridized carbons (Fsp3) is 0.400. The summed E-state index contributed by atoms with van der Waals surface area (Å²) in [7, 11) is 1.73. The van der Waals surface area contributed by atoms with Gasteiger partial charge in [0.05, 0.1) is 26.8 Å². The van der Waals surface area contributed by atoms with E-state index >= 15 is 0 Å². The second kappa shape index (κ2) is 9.27. The van der Waals surface area contributed by atoms with Crippen LogP contribution in [-0.4, -0.2) is 38.6 Å². The van der Waals surface area contributed by atoms with Crippen molar-refractivity contribution in [3.63, 3.8) is 0 Å². The number of hydrogen-bond acceptors (Lipinski definition) is 4. The summed E-state index contributed by atoms with van der Waals surface area (Å²) in [6.45, 7) is 1.97. The standard InChI is InChI=1S/C25H30N2O2/c1-28-24-16-17-26-19-25(24,29-18-21-10-8-9-11-21)20-27(22-12-4-2-5-13-22)23-14-6-3-7-15-23/h2-7,12-17,21H,8-11,18-20H2,1H3. The third kappa shape index (κ3) is 4.54. The van der Waals surface area contributed by atoms with E-state index < -0.39 is 5.60 Å². The van der Waals surface area contributed by atoms with E-state index in [0.29, 0.717) is 19.0 Å². The maximum Gasteiger partial charge on any atom is 0.162 e. The summed E-state index contributed by atoms with van der Waals surface area (Å²) in [5, 5.41) is 0. The van der Waals surface area contributed by atoms with Crippen molar-refractivity contribution < 1.29 is 9.47 Å². The average Bonchev–Trinajstić information content (AvgIpc) is 3.31. The zero-order chi connectivity index (χ0) is 19.9. The second-order valence-electron chi connectivity index (χ2n) is 7.94. The largest absolute Gasteiger partial charge is 0.498 e. The van der Waals surface area contributed by atoms with E-state index in [4.69, 9.17) is 9.47 Å². The molecule has 1 unspecified atom stereocenters. The van der Waals surface area contributed by atoms with Crippen LogP contribution < -0.4 is 4.90 Å². The van der Waals surface area contributed by atoms with Crippen molar-refractivity contribution >= 4 is 17.6 Å². The lowest BCUT2D eigenvalue weighted by molar-refractivity contribution is -0.0518. The predicted octanol–water partition coefficient (Wildman–Crippen LogP) is 5.39. The molecule has 4 rings (SSSR count). The van der Waals surface area contributed by atoms with Gasteiger partial charge >= 0.3 is 0 Å². The number of para-hydroxylation sites is 2. The lowest BCUT2D eigenvalue weighted by Crippen LogP contribution is -2.50. The van der Waals surface area contributed by atoms with E-state index in [9.17, 15) is 0 Å². The summed E-state index contributed by atoms with van der Waals surface area (Å²) in [5.41, 5.74) is 1.66. The third-order valence-electron chi connectivity index (χ3n) is 5.97. The molecule has 0 N–H and O–H groups in total. The van der Waals surface area contributed by atoms with Gasteiger partial charge in [0.1, 0.15) is 5.76 Å². The van der Waals surface area contributed by atoms with Gasteiger partial charge in [-0.05, 0) is 49.1 Å². The van der Waals surface area contributed by atoms with Crippen LogP contribution in [0.3, 0.4) is 0 Å². The van der Waals surface area contributed by atoms with Gasteiger partial charge in [-0.25, -0.2) is 0 Å². The van der Waals surface area contributed by atoms with Gasteiger partial charge in [0.15, 0.2) is 5.60 Å². The number of benzene rings is 2. The van der Waals surface area contributed by atoms with Gasteiger partial charge in [-0.3, -0.25) is 4.99 Å². The molecular formula is C25H30N2O2. The summed E-state index contributed by atoms with van der Waals surface area (Å²) in [6.07, 6.45) is 8.91. The molecule has 1 aliphatic heterocycles. The molecule has 4 heteroatoms. The number of dihydropyridines is 1. The van der Waals surface area contributed by atoms with Crippen LogP contribution in [0, 0.1) is 5.92 Å². The van der Waals surface area contributed by atoms with Crippen LogP contribution in [0.2, 0.25) is 0 Å². The normalized spacial score (nSPS) is 21.8. The molecule has 0 radical (unpaired) electrons. The van der Waals surface area contributed by atoms with Crippen molar-refractivity contribution in [2.75, 3.05) is 31.7 Å². The van der Waals surface area contributed by atoms with E-state index in [1.807, 2.05) is 24.4 Å². The van der Waals surface area contributed by atoms with E-state index in [-0.39, 0.29) is 0 Å². The third-order valence-corrected chi connectivity index (χ3v) is 5.97. The van der Waals surface area contributed by atoms with Gasteiger partial charge in [-0.2, -0.15) is 0 Å². The molecule has 4 nitrogen and oxygen atoms in total. The Kier molecular flexibility index (Phi) is 6.30. The molecule has 1 heterocycles. The van der Waals surface area contributed by atoms with Crippen molar-refractivity contribution in [1.82, 2.24) is 0 Å². The Morgan fingerprint density at radius 2 is 1.59 bits per heavy atom. The van der Waals surface area contributed by atoms with Crippen molar-refractivity contribution in [2.24, 2.45) is 10.9 Å². The van der Waals surface area contributed by atoms with Crippen LogP contribution >= 0.6 is 0 Å². The highest BCUT2D eigenvalue weighted by Gasteiger charge is 2.41. The SMILES string of the molecule is COC1=CC=NCC1(CN(c1ccccc1)c1ccccc1)OCC1CCCC1. The number of hydrogen-bond donors (Lipinski definition) is 0. The van der Waals surface area contributed by atoms with Crippen LogP contribution in [-0.2, 0) is 9.47 Å². The molecule has 0 aromatic heterocycles. The minimum absolute atomic E-state index is 0.565. The van der Waals surface area contributed by atoms with E-state index in [0.717, 1.165) is 23.7 Å². The minimum Gasteiger partial charge on any atom is -0.498 e. The van der Waals surface area contributed by atoms with Crippen molar-refractivity contribution in [3.05, 3.63) is 72.5 Å². The topological polar surface area (TPSA) is 34.1 Å². The molecule has 0 spiro atoms. The van der Waals surface area contributed by atoms with Gasteiger partial charge in [-0.15, -0.1) is 0 Å². The summed E-state index contributed by atoms with van der Waals surface area (Å²) < 4.78 is 12.5.